The van der Waals surface area contributed by atoms with Crippen LogP contribution < -0.4 is 8.37 Å². The maximum Gasteiger partial charge on any atom is 0.448 e. The van der Waals surface area contributed by atoms with Crippen LogP contribution in [-0.4, -0.2) is 46.1 Å². The summed E-state index contributed by atoms with van der Waals surface area (Å²) in [4.78, 5) is 8.07. The molecule has 0 atom stereocenters. The number of thioether (sulfide) groups is 1. The lowest BCUT2D eigenvalue weighted by Gasteiger charge is -2.12. The standard InChI is InChI=1S/C12H16ClN3O8S3/c1-4-5-25-12-14-9(13)8(23-26(17,18)19)7-11(24-27(20,21)22)15-10(6(2)3)16(7)12/h6H,4-5H2,1-3H3,(H,17,18,19)(H,20,21,22). The summed E-state index contributed by atoms with van der Waals surface area (Å²) >= 11 is 7.24. The van der Waals surface area contributed by atoms with Gasteiger partial charge in [0.05, 0.1) is 0 Å². The van der Waals surface area contributed by atoms with Crippen molar-refractivity contribution in [3.8, 4) is 11.6 Å². The normalized spacial score (nSPS) is 12.7. The van der Waals surface area contributed by atoms with E-state index in [1.165, 1.54) is 16.2 Å². The molecule has 2 N–H and O–H groups in total. The van der Waals surface area contributed by atoms with Crippen molar-refractivity contribution >= 4 is 49.7 Å². The molecule has 2 aromatic rings. The summed E-state index contributed by atoms with van der Waals surface area (Å²) in [5.74, 6) is -0.813. The maximum atomic E-state index is 11.2. The van der Waals surface area contributed by atoms with E-state index in [9.17, 15) is 16.8 Å². The second-order valence-electron chi connectivity index (χ2n) is 5.50. The van der Waals surface area contributed by atoms with Gasteiger partial charge in [0.15, 0.2) is 15.8 Å². The molecule has 0 amide bonds. The molecule has 0 aliphatic heterocycles. The molecule has 0 saturated heterocycles. The fraction of sp³-hybridized carbons (Fsp3) is 0.500. The Labute approximate surface area is 165 Å². The number of rotatable bonds is 8. The van der Waals surface area contributed by atoms with E-state index in [2.05, 4.69) is 18.3 Å². The first-order valence-corrected chi connectivity index (χ1v) is 11.5. The predicted molar refractivity (Wildman–Crippen MR) is 97.5 cm³/mol. The topological polar surface area (TPSA) is 157 Å². The van der Waals surface area contributed by atoms with Gasteiger partial charge in [0.1, 0.15) is 5.82 Å². The van der Waals surface area contributed by atoms with Crippen molar-refractivity contribution in [3.05, 3.63) is 11.0 Å². The summed E-state index contributed by atoms with van der Waals surface area (Å²) in [6, 6.07) is 0. The number of halogens is 1. The summed E-state index contributed by atoms with van der Waals surface area (Å²) in [5, 5.41) is -0.213. The monoisotopic (exact) mass is 461 g/mol. The van der Waals surface area contributed by atoms with Crippen molar-refractivity contribution in [2.45, 2.75) is 38.3 Å². The number of fused-ring (bicyclic) bond motifs is 1. The highest BCUT2D eigenvalue weighted by Gasteiger charge is 2.29. The number of imidazole rings is 1. The van der Waals surface area contributed by atoms with Gasteiger partial charge in [-0.1, -0.05) is 44.1 Å². The van der Waals surface area contributed by atoms with Crippen LogP contribution >= 0.6 is 23.4 Å². The fourth-order valence-electron chi connectivity index (χ4n) is 2.11. The Morgan fingerprint density at radius 2 is 1.74 bits per heavy atom. The third-order valence-corrected chi connectivity index (χ3v) is 5.13. The van der Waals surface area contributed by atoms with E-state index in [4.69, 9.17) is 20.7 Å². The van der Waals surface area contributed by atoms with Crippen LogP contribution in [0.15, 0.2) is 5.16 Å². The minimum absolute atomic E-state index is 0.242. The quantitative estimate of drug-likeness (QED) is 0.257. The SMILES string of the molecule is CCCSc1nc(Cl)c(OS(=O)(=O)O)c2c(OS(=O)(=O)O)nc(C(C)C)n12. The lowest BCUT2D eigenvalue weighted by atomic mass is 10.2. The molecule has 2 aromatic heterocycles. The molecule has 0 aliphatic carbocycles. The molecule has 0 unspecified atom stereocenters. The third-order valence-electron chi connectivity index (χ3n) is 2.98. The molecule has 0 spiro atoms. The summed E-state index contributed by atoms with van der Waals surface area (Å²) in [5.41, 5.74) is -0.326. The maximum absolute atomic E-state index is 11.2. The number of nitrogens with zero attached hydrogens (tertiary/aromatic N) is 3. The summed E-state index contributed by atoms with van der Waals surface area (Å²) in [7, 11) is -10.0. The summed E-state index contributed by atoms with van der Waals surface area (Å²) in [6.07, 6.45) is 0.773. The molecule has 0 bridgehead atoms. The summed E-state index contributed by atoms with van der Waals surface area (Å²) < 4.78 is 73.0. The van der Waals surface area contributed by atoms with E-state index in [-0.39, 0.29) is 22.4 Å². The molecule has 15 heteroatoms. The van der Waals surface area contributed by atoms with E-state index < -0.39 is 37.6 Å². The second-order valence-corrected chi connectivity index (χ2v) is 8.96. The van der Waals surface area contributed by atoms with Crippen LogP contribution in [0, 0.1) is 0 Å². The van der Waals surface area contributed by atoms with Crippen LogP contribution in [0.4, 0.5) is 0 Å². The molecule has 2 heterocycles. The zero-order valence-corrected chi connectivity index (χ0v) is 17.5. The number of hydrogen-bond donors (Lipinski definition) is 2. The molecule has 0 fully saturated rings. The first kappa shape index (κ1) is 22.0. The lowest BCUT2D eigenvalue weighted by molar-refractivity contribution is 0.381. The van der Waals surface area contributed by atoms with Crippen molar-refractivity contribution < 1.29 is 34.3 Å². The Morgan fingerprint density at radius 1 is 1.15 bits per heavy atom. The van der Waals surface area contributed by atoms with Crippen LogP contribution in [0.25, 0.3) is 5.52 Å². The molecule has 27 heavy (non-hydrogen) atoms. The van der Waals surface area contributed by atoms with Crippen molar-refractivity contribution in [2.75, 3.05) is 5.75 Å². The van der Waals surface area contributed by atoms with Crippen molar-refractivity contribution in [1.29, 1.82) is 0 Å². The van der Waals surface area contributed by atoms with Crippen molar-refractivity contribution in [3.63, 3.8) is 0 Å². The Morgan fingerprint density at radius 3 is 2.22 bits per heavy atom. The average molecular weight is 462 g/mol. The van der Waals surface area contributed by atoms with Crippen molar-refractivity contribution in [1.82, 2.24) is 14.4 Å². The van der Waals surface area contributed by atoms with E-state index in [0.29, 0.717) is 5.75 Å². The van der Waals surface area contributed by atoms with Gasteiger partial charge in [-0.2, -0.15) is 21.8 Å². The van der Waals surface area contributed by atoms with Crippen LogP contribution in [0.1, 0.15) is 38.9 Å². The van der Waals surface area contributed by atoms with E-state index >= 15 is 0 Å². The Hall–Kier alpha value is -1.32. The second kappa shape index (κ2) is 7.97. The molecular weight excluding hydrogens is 446 g/mol. The highest BCUT2D eigenvalue weighted by atomic mass is 35.5. The molecular formula is C12H16ClN3O8S3. The van der Waals surface area contributed by atoms with Gasteiger partial charge in [-0.3, -0.25) is 13.5 Å². The number of hydrogen-bond acceptors (Lipinski definition) is 9. The largest absolute Gasteiger partial charge is 0.448 e. The molecule has 2 rings (SSSR count). The van der Waals surface area contributed by atoms with Crippen LogP contribution in [0.5, 0.6) is 11.6 Å². The molecule has 0 aliphatic rings. The molecule has 0 radical (unpaired) electrons. The Balaban J connectivity index is 2.94. The highest BCUT2D eigenvalue weighted by molar-refractivity contribution is 7.99. The van der Waals surface area contributed by atoms with E-state index in [0.717, 1.165) is 6.42 Å². The van der Waals surface area contributed by atoms with E-state index in [1.807, 2.05) is 6.92 Å². The van der Waals surface area contributed by atoms with Gasteiger partial charge in [0.2, 0.25) is 5.75 Å². The first-order valence-electron chi connectivity index (χ1n) is 7.42. The van der Waals surface area contributed by atoms with Gasteiger partial charge in [-0.05, 0) is 6.42 Å². The molecule has 11 nitrogen and oxygen atoms in total. The first-order chi connectivity index (χ1) is 12.3. The van der Waals surface area contributed by atoms with Crippen LogP contribution in [-0.2, 0) is 20.8 Å². The zero-order chi connectivity index (χ0) is 20.6. The molecule has 152 valence electrons. The van der Waals surface area contributed by atoms with Gasteiger partial charge in [0.25, 0.3) is 5.88 Å². The minimum atomic E-state index is -5.03. The highest BCUT2D eigenvalue weighted by Crippen LogP contribution is 2.40. The summed E-state index contributed by atoms with van der Waals surface area (Å²) in [6.45, 7) is 5.39. The molecule has 0 aromatic carbocycles. The van der Waals surface area contributed by atoms with Crippen LogP contribution in [0.2, 0.25) is 5.15 Å². The average Bonchev–Trinajstić information content (AvgIpc) is 2.85. The van der Waals surface area contributed by atoms with Gasteiger partial charge < -0.3 is 8.37 Å². The van der Waals surface area contributed by atoms with E-state index in [1.54, 1.807) is 13.8 Å². The molecule has 0 saturated carbocycles. The Bertz CT molecular complexity index is 1070. The van der Waals surface area contributed by atoms with Crippen LogP contribution in [0.3, 0.4) is 0 Å². The lowest BCUT2D eigenvalue weighted by Crippen LogP contribution is -2.11. The minimum Gasteiger partial charge on any atom is -0.356 e. The zero-order valence-electron chi connectivity index (χ0n) is 14.3. The van der Waals surface area contributed by atoms with Crippen molar-refractivity contribution in [2.24, 2.45) is 0 Å². The van der Waals surface area contributed by atoms with Gasteiger partial charge in [-0.25, -0.2) is 4.98 Å². The smallest absolute Gasteiger partial charge is 0.356 e. The Kier molecular flexibility index (Phi) is 6.48. The van der Waals surface area contributed by atoms with Gasteiger partial charge in [0, 0.05) is 11.7 Å². The third kappa shape index (κ3) is 5.36. The van der Waals surface area contributed by atoms with Gasteiger partial charge >= 0.3 is 20.8 Å². The van der Waals surface area contributed by atoms with Gasteiger partial charge in [-0.15, -0.1) is 0 Å². The number of aromatic nitrogens is 3. The predicted octanol–water partition coefficient (Wildman–Crippen LogP) is 2.37. The fourth-order valence-corrected chi connectivity index (χ4v) is 3.95.